The lowest BCUT2D eigenvalue weighted by Crippen LogP contribution is -2.11. The number of benzene rings is 1. The average Bonchev–Trinajstić information content (AvgIpc) is 2.17. The van der Waals surface area contributed by atoms with Crippen molar-refractivity contribution in [1.29, 1.82) is 0 Å². The van der Waals surface area contributed by atoms with Crippen LogP contribution in [0.2, 0.25) is 0 Å². The number of fused-ring (bicyclic) bond motifs is 1. The smallest absolute Gasteiger partial charge is 0.0227 e. The molecule has 0 spiro atoms. The van der Waals surface area contributed by atoms with E-state index < -0.39 is 0 Å². The molecule has 1 aromatic rings. The zero-order chi connectivity index (χ0) is 9.97. The number of hydrogen-bond acceptors (Lipinski definition) is 1. The zero-order valence-corrected chi connectivity index (χ0v) is 9.01. The summed E-state index contributed by atoms with van der Waals surface area (Å²) >= 11 is 0. The van der Waals surface area contributed by atoms with E-state index in [0.29, 0.717) is 0 Å². The quantitative estimate of drug-likeness (QED) is 0.687. The minimum absolute atomic E-state index is 1.02. The van der Waals surface area contributed by atoms with Crippen molar-refractivity contribution >= 4 is 0 Å². The molecule has 14 heavy (non-hydrogen) atoms. The van der Waals surface area contributed by atoms with E-state index in [1.807, 2.05) is 0 Å². The van der Waals surface area contributed by atoms with E-state index in [1.54, 1.807) is 0 Å². The van der Waals surface area contributed by atoms with Crippen LogP contribution >= 0.6 is 0 Å². The molecule has 0 aliphatic heterocycles. The van der Waals surface area contributed by atoms with E-state index in [9.17, 15) is 0 Å². The van der Waals surface area contributed by atoms with Crippen molar-refractivity contribution in [2.24, 2.45) is 0 Å². The van der Waals surface area contributed by atoms with Gasteiger partial charge in [0.2, 0.25) is 0 Å². The highest BCUT2D eigenvalue weighted by Crippen LogP contribution is 2.23. The molecule has 74 valence electrons. The zero-order valence-electron chi connectivity index (χ0n) is 9.01. The molecule has 0 bridgehead atoms. The molecule has 0 aromatic heterocycles. The molecule has 0 saturated heterocycles. The van der Waals surface area contributed by atoms with Gasteiger partial charge < -0.3 is 4.90 Å². The molecule has 0 amide bonds. The van der Waals surface area contributed by atoms with Crippen molar-refractivity contribution in [1.82, 2.24) is 4.90 Å². The SMILES string of the molecule is CN(C)Cc1ccc2c(c1)[C]CCC2. The van der Waals surface area contributed by atoms with Crippen molar-refractivity contribution in [3.8, 4) is 0 Å². The summed E-state index contributed by atoms with van der Waals surface area (Å²) in [5.74, 6) is 0. The molecule has 1 aliphatic carbocycles. The number of nitrogens with zero attached hydrogens (tertiary/aromatic N) is 1. The Bertz CT molecular complexity index is 315. The monoisotopic (exact) mass is 187 g/mol. The predicted octanol–water partition coefficient (Wildman–Crippen LogP) is 2.51. The summed E-state index contributed by atoms with van der Waals surface area (Å²) < 4.78 is 0. The fourth-order valence-corrected chi connectivity index (χ4v) is 1.97. The summed E-state index contributed by atoms with van der Waals surface area (Å²) in [6.45, 7) is 1.02. The average molecular weight is 187 g/mol. The van der Waals surface area contributed by atoms with Crippen molar-refractivity contribution in [2.45, 2.75) is 25.8 Å². The molecule has 0 fully saturated rings. The highest BCUT2D eigenvalue weighted by molar-refractivity contribution is 5.38. The Morgan fingerprint density at radius 1 is 1.36 bits per heavy atom. The van der Waals surface area contributed by atoms with Gasteiger partial charge in [-0.1, -0.05) is 18.2 Å². The summed E-state index contributed by atoms with van der Waals surface area (Å²) in [4.78, 5) is 2.20. The maximum atomic E-state index is 3.46. The summed E-state index contributed by atoms with van der Waals surface area (Å²) in [7, 11) is 4.21. The third-order valence-electron chi connectivity index (χ3n) is 2.61. The van der Waals surface area contributed by atoms with Crippen LogP contribution in [0.4, 0.5) is 0 Å². The largest absolute Gasteiger partial charge is 0.305 e. The molecule has 1 aromatic carbocycles. The standard InChI is InChI=1S/C13H17N/c1-14(2)10-11-7-8-12-5-3-4-6-13(12)9-11/h7-9H,3-5,10H2,1-2H3. The second-order valence-electron chi connectivity index (χ2n) is 4.26. The van der Waals surface area contributed by atoms with Gasteiger partial charge in [-0.2, -0.15) is 0 Å². The van der Waals surface area contributed by atoms with Crippen LogP contribution in [-0.2, 0) is 13.0 Å². The Morgan fingerprint density at radius 2 is 2.21 bits per heavy atom. The first-order chi connectivity index (χ1) is 6.75. The Kier molecular flexibility index (Phi) is 2.87. The minimum Gasteiger partial charge on any atom is -0.305 e. The maximum absolute atomic E-state index is 3.46. The third kappa shape index (κ3) is 2.16. The van der Waals surface area contributed by atoms with Gasteiger partial charge in [0.1, 0.15) is 0 Å². The van der Waals surface area contributed by atoms with Gasteiger partial charge in [0.05, 0.1) is 0 Å². The van der Waals surface area contributed by atoms with Crippen molar-refractivity contribution in [2.75, 3.05) is 14.1 Å². The van der Waals surface area contributed by atoms with Gasteiger partial charge in [-0.25, -0.2) is 0 Å². The number of rotatable bonds is 2. The van der Waals surface area contributed by atoms with Crippen molar-refractivity contribution < 1.29 is 0 Å². The normalized spacial score (nSPS) is 15.6. The van der Waals surface area contributed by atoms with Crippen LogP contribution in [0.15, 0.2) is 18.2 Å². The molecular weight excluding hydrogens is 170 g/mol. The summed E-state index contributed by atoms with van der Waals surface area (Å²) in [5, 5.41) is 0. The molecule has 1 nitrogen and oxygen atoms in total. The van der Waals surface area contributed by atoms with Crippen molar-refractivity contribution in [3.63, 3.8) is 0 Å². The summed E-state index contributed by atoms with van der Waals surface area (Å²) in [6.07, 6.45) is 7.07. The lowest BCUT2D eigenvalue weighted by molar-refractivity contribution is 0.402. The van der Waals surface area contributed by atoms with E-state index in [1.165, 1.54) is 29.5 Å². The molecule has 0 unspecified atom stereocenters. The van der Waals surface area contributed by atoms with E-state index >= 15 is 0 Å². The van der Waals surface area contributed by atoms with Crippen LogP contribution < -0.4 is 0 Å². The Balaban J connectivity index is 2.20. The van der Waals surface area contributed by atoms with E-state index in [4.69, 9.17) is 0 Å². The Hall–Kier alpha value is -0.820. The van der Waals surface area contributed by atoms with E-state index in [0.717, 1.165) is 13.0 Å². The molecule has 0 heterocycles. The van der Waals surface area contributed by atoms with E-state index in [-0.39, 0.29) is 0 Å². The topological polar surface area (TPSA) is 3.24 Å². The van der Waals surface area contributed by atoms with Gasteiger partial charge in [0, 0.05) is 13.0 Å². The van der Waals surface area contributed by atoms with Crippen LogP contribution in [0.1, 0.15) is 29.5 Å². The van der Waals surface area contributed by atoms with Crippen LogP contribution in [-0.4, -0.2) is 19.0 Å². The van der Waals surface area contributed by atoms with Crippen LogP contribution in [0.3, 0.4) is 0 Å². The highest BCUT2D eigenvalue weighted by Gasteiger charge is 2.09. The first-order valence-corrected chi connectivity index (χ1v) is 5.26. The van der Waals surface area contributed by atoms with Gasteiger partial charge in [0.25, 0.3) is 0 Å². The third-order valence-corrected chi connectivity index (χ3v) is 2.61. The lowest BCUT2D eigenvalue weighted by Gasteiger charge is -2.17. The first-order valence-electron chi connectivity index (χ1n) is 5.26. The second kappa shape index (κ2) is 4.14. The molecule has 1 heteroatoms. The predicted molar refractivity (Wildman–Crippen MR) is 59.1 cm³/mol. The van der Waals surface area contributed by atoms with Gasteiger partial charge in [-0.05, 0) is 50.0 Å². The molecular formula is C13H17N. The Labute approximate surface area is 86.7 Å². The van der Waals surface area contributed by atoms with E-state index in [2.05, 4.69) is 43.6 Å². The number of aryl methyl sites for hydroxylation is 1. The van der Waals surface area contributed by atoms with Crippen LogP contribution in [0, 0.1) is 6.42 Å². The molecule has 0 atom stereocenters. The first kappa shape index (κ1) is 9.72. The summed E-state index contributed by atoms with van der Waals surface area (Å²) in [5.41, 5.74) is 4.21. The number of hydrogen-bond donors (Lipinski definition) is 0. The molecule has 0 N–H and O–H groups in total. The molecule has 2 rings (SSSR count). The lowest BCUT2D eigenvalue weighted by atomic mass is 9.90. The Morgan fingerprint density at radius 3 is 3.00 bits per heavy atom. The minimum atomic E-state index is 1.02. The van der Waals surface area contributed by atoms with Gasteiger partial charge in [-0.15, -0.1) is 0 Å². The molecule has 1 aliphatic rings. The molecule has 2 radical (unpaired) electrons. The fraction of sp³-hybridized carbons (Fsp3) is 0.462. The maximum Gasteiger partial charge on any atom is 0.0227 e. The second-order valence-corrected chi connectivity index (χ2v) is 4.26. The van der Waals surface area contributed by atoms with Crippen molar-refractivity contribution in [3.05, 3.63) is 41.3 Å². The highest BCUT2D eigenvalue weighted by atomic mass is 15.0. The van der Waals surface area contributed by atoms with Gasteiger partial charge in [0.15, 0.2) is 0 Å². The van der Waals surface area contributed by atoms with Crippen LogP contribution in [0.25, 0.3) is 0 Å². The van der Waals surface area contributed by atoms with Crippen LogP contribution in [0.5, 0.6) is 0 Å². The van der Waals surface area contributed by atoms with Gasteiger partial charge in [-0.3, -0.25) is 0 Å². The summed E-state index contributed by atoms with van der Waals surface area (Å²) in [6, 6.07) is 6.79. The fourth-order valence-electron chi connectivity index (χ4n) is 1.97. The van der Waals surface area contributed by atoms with Gasteiger partial charge >= 0.3 is 0 Å². The molecule has 0 saturated carbocycles.